The standard InChI is InChI=1S/C12H13BrN4O2/c1-17-5-4-14-10(17)2-3-15-11-9(12(18)19)6-8(13)7-16-11/h4-7H,2-3H2,1H3,(H,15,16)(H,18,19). The van der Waals surface area contributed by atoms with E-state index in [9.17, 15) is 4.79 Å². The van der Waals surface area contributed by atoms with Crippen LogP contribution in [0.4, 0.5) is 5.82 Å². The molecule has 0 saturated heterocycles. The maximum atomic E-state index is 11.1. The quantitative estimate of drug-likeness (QED) is 0.878. The smallest absolute Gasteiger partial charge is 0.339 e. The molecule has 0 aliphatic rings. The Bertz CT molecular complexity index is 597. The molecule has 0 aromatic carbocycles. The predicted octanol–water partition coefficient (Wildman–Crippen LogP) is 1.93. The Balaban J connectivity index is 2.03. The molecule has 0 aliphatic heterocycles. The number of nitrogens with zero attached hydrogens (tertiary/aromatic N) is 3. The summed E-state index contributed by atoms with van der Waals surface area (Å²) in [5, 5.41) is 12.1. The van der Waals surface area contributed by atoms with Crippen molar-refractivity contribution >= 4 is 27.7 Å². The Morgan fingerprint density at radius 3 is 2.95 bits per heavy atom. The highest BCUT2D eigenvalue weighted by Gasteiger charge is 2.11. The molecule has 0 aliphatic carbocycles. The second kappa shape index (κ2) is 5.83. The fourth-order valence-corrected chi connectivity index (χ4v) is 2.00. The van der Waals surface area contributed by atoms with Crippen LogP contribution < -0.4 is 5.32 Å². The van der Waals surface area contributed by atoms with Crippen LogP contribution in [0.3, 0.4) is 0 Å². The number of carboxylic acid groups (broad SMARTS) is 1. The van der Waals surface area contributed by atoms with Gasteiger partial charge in [0.05, 0.1) is 0 Å². The predicted molar refractivity (Wildman–Crippen MR) is 74.3 cm³/mol. The van der Waals surface area contributed by atoms with Crippen LogP contribution in [-0.4, -0.2) is 32.2 Å². The maximum absolute atomic E-state index is 11.1. The molecule has 0 atom stereocenters. The number of pyridine rings is 1. The lowest BCUT2D eigenvalue weighted by Gasteiger charge is -2.08. The first-order valence-electron chi connectivity index (χ1n) is 5.67. The van der Waals surface area contributed by atoms with Gasteiger partial charge >= 0.3 is 5.97 Å². The third-order valence-electron chi connectivity index (χ3n) is 2.65. The number of anilines is 1. The van der Waals surface area contributed by atoms with E-state index in [-0.39, 0.29) is 5.56 Å². The Labute approximate surface area is 118 Å². The van der Waals surface area contributed by atoms with Gasteiger partial charge < -0.3 is 15.0 Å². The molecule has 6 nitrogen and oxygen atoms in total. The molecule has 0 fully saturated rings. The highest BCUT2D eigenvalue weighted by atomic mass is 79.9. The molecule has 0 saturated carbocycles. The van der Waals surface area contributed by atoms with E-state index in [0.29, 0.717) is 23.3 Å². The van der Waals surface area contributed by atoms with Crippen molar-refractivity contribution < 1.29 is 9.90 Å². The summed E-state index contributed by atoms with van der Waals surface area (Å²) in [5.41, 5.74) is 0.147. The van der Waals surface area contributed by atoms with E-state index in [2.05, 4.69) is 31.2 Å². The molecule has 2 N–H and O–H groups in total. The molecule has 0 unspecified atom stereocenters. The molecule has 0 amide bonds. The molecule has 19 heavy (non-hydrogen) atoms. The van der Waals surface area contributed by atoms with Crippen LogP contribution in [0.5, 0.6) is 0 Å². The van der Waals surface area contributed by atoms with E-state index >= 15 is 0 Å². The van der Waals surface area contributed by atoms with Crippen LogP contribution in [0.2, 0.25) is 0 Å². The van der Waals surface area contributed by atoms with Gasteiger partial charge in [0.15, 0.2) is 0 Å². The van der Waals surface area contributed by atoms with Crippen molar-refractivity contribution in [3.8, 4) is 0 Å². The van der Waals surface area contributed by atoms with Crippen molar-refractivity contribution in [2.75, 3.05) is 11.9 Å². The number of carbonyl (C=O) groups is 1. The summed E-state index contributed by atoms with van der Waals surface area (Å²) in [6.45, 7) is 0.569. The average Bonchev–Trinajstić information content (AvgIpc) is 2.77. The molecule has 2 heterocycles. The van der Waals surface area contributed by atoms with Crippen molar-refractivity contribution in [1.82, 2.24) is 14.5 Å². The largest absolute Gasteiger partial charge is 0.478 e. The molecule has 0 bridgehead atoms. The molecule has 2 aromatic rings. The van der Waals surface area contributed by atoms with Crippen molar-refractivity contribution in [3.05, 3.63) is 40.5 Å². The second-order valence-electron chi connectivity index (χ2n) is 3.99. The summed E-state index contributed by atoms with van der Waals surface area (Å²) < 4.78 is 2.56. The molecule has 7 heteroatoms. The number of halogens is 1. The highest BCUT2D eigenvalue weighted by molar-refractivity contribution is 9.10. The van der Waals surface area contributed by atoms with Gasteiger partial charge in [0.2, 0.25) is 0 Å². The van der Waals surface area contributed by atoms with Gasteiger partial charge in [0.1, 0.15) is 17.2 Å². The van der Waals surface area contributed by atoms with Gasteiger partial charge in [-0.1, -0.05) is 0 Å². The first-order valence-corrected chi connectivity index (χ1v) is 6.46. The van der Waals surface area contributed by atoms with Gasteiger partial charge in [-0.05, 0) is 22.0 Å². The summed E-state index contributed by atoms with van der Waals surface area (Å²) in [6.07, 6.45) is 5.86. The number of carboxylic acids is 1. The third-order valence-corrected chi connectivity index (χ3v) is 3.08. The van der Waals surface area contributed by atoms with Gasteiger partial charge in [0.25, 0.3) is 0 Å². The molecular weight excluding hydrogens is 312 g/mol. The Kier molecular flexibility index (Phi) is 4.16. The summed E-state index contributed by atoms with van der Waals surface area (Å²) in [7, 11) is 1.92. The van der Waals surface area contributed by atoms with Gasteiger partial charge in [0, 0.05) is 43.1 Å². The topological polar surface area (TPSA) is 80.0 Å². The number of rotatable bonds is 5. The van der Waals surface area contributed by atoms with Crippen LogP contribution in [0.1, 0.15) is 16.2 Å². The Hall–Kier alpha value is -1.89. The molecule has 0 spiro atoms. The van der Waals surface area contributed by atoms with E-state index < -0.39 is 5.97 Å². The zero-order valence-electron chi connectivity index (χ0n) is 10.3. The normalized spacial score (nSPS) is 10.4. The average molecular weight is 325 g/mol. The number of hydrogen-bond acceptors (Lipinski definition) is 4. The number of imidazole rings is 1. The second-order valence-corrected chi connectivity index (χ2v) is 4.90. The van der Waals surface area contributed by atoms with Gasteiger partial charge in [-0.3, -0.25) is 0 Å². The van der Waals surface area contributed by atoms with Crippen molar-refractivity contribution in [2.24, 2.45) is 7.05 Å². The highest BCUT2D eigenvalue weighted by Crippen LogP contribution is 2.17. The van der Waals surface area contributed by atoms with E-state index in [1.807, 2.05) is 17.8 Å². The SMILES string of the molecule is Cn1ccnc1CCNc1ncc(Br)cc1C(=O)O. The van der Waals surface area contributed by atoms with Crippen molar-refractivity contribution in [2.45, 2.75) is 6.42 Å². The monoisotopic (exact) mass is 324 g/mol. The molecule has 0 radical (unpaired) electrons. The first kappa shape index (κ1) is 13.5. The lowest BCUT2D eigenvalue weighted by Crippen LogP contribution is -2.13. The third kappa shape index (κ3) is 3.31. The van der Waals surface area contributed by atoms with Crippen LogP contribution in [-0.2, 0) is 13.5 Å². The van der Waals surface area contributed by atoms with Crippen molar-refractivity contribution in [3.63, 3.8) is 0 Å². The minimum atomic E-state index is -1.01. The molecule has 2 rings (SSSR count). The summed E-state index contributed by atoms with van der Waals surface area (Å²) in [4.78, 5) is 19.4. The van der Waals surface area contributed by atoms with E-state index in [4.69, 9.17) is 5.11 Å². The van der Waals surface area contributed by atoms with Gasteiger partial charge in [-0.2, -0.15) is 0 Å². The fourth-order valence-electron chi connectivity index (χ4n) is 1.67. The number of aromatic carboxylic acids is 1. The maximum Gasteiger partial charge on any atom is 0.339 e. The fraction of sp³-hybridized carbons (Fsp3) is 0.250. The van der Waals surface area contributed by atoms with E-state index in [1.165, 1.54) is 6.07 Å². The van der Waals surface area contributed by atoms with E-state index in [1.54, 1.807) is 12.4 Å². The molecular formula is C12H13BrN4O2. The zero-order valence-corrected chi connectivity index (χ0v) is 11.9. The zero-order chi connectivity index (χ0) is 13.8. The first-order chi connectivity index (χ1) is 9.08. The van der Waals surface area contributed by atoms with Crippen LogP contribution in [0, 0.1) is 0 Å². The lowest BCUT2D eigenvalue weighted by molar-refractivity contribution is 0.0697. The number of aromatic nitrogens is 3. The molecule has 100 valence electrons. The van der Waals surface area contributed by atoms with Crippen molar-refractivity contribution in [1.29, 1.82) is 0 Å². The number of aryl methyl sites for hydroxylation is 1. The number of nitrogens with one attached hydrogen (secondary N) is 1. The van der Waals surface area contributed by atoms with Crippen LogP contribution >= 0.6 is 15.9 Å². The minimum Gasteiger partial charge on any atom is -0.478 e. The summed E-state index contributed by atoms with van der Waals surface area (Å²) >= 11 is 3.21. The Morgan fingerprint density at radius 2 is 2.32 bits per heavy atom. The Morgan fingerprint density at radius 1 is 1.53 bits per heavy atom. The summed E-state index contributed by atoms with van der Waals surface area (Å²) in [5.74, 6) is 0.291. The lowest BCUT2D eigenvalue weighted by atomic mass is 10.2. The van der Waals surface area contributed by atoms with Crippen LogP contribution in [0.25, 0.3) is 0 Å². The van der Waals surface area contributed by atoms with Crippen LogP contribution in [0.15, 0.2) is 29.1 Å². The molecule has 2 aromatic heterocycles. The minimum absolute atomic E-state index is 0.147. The van der Waals surface area contributed by atoms with Gasteiger partial charge in [-0.15, -0.1) is 0 Å². The number of hydrogen-bond donors (Lipinski definition) is 2. The van der Waals surface area contributed by atoms with Gasteiger partial charge in [-0.25, -0.2) is 14.8 Å². The van der Waals surface area contributed by atoms with E-state index in [0.717, 1.165) is 5.82 Å². The summed E-state index contributed by atoms with van der Waals surface area (Å²) in [6, 6.07) is 1.53.